The molecular formula is C26H27N7O2. The van der Waals surface area contributed by atoms with E-state index in [0.29, 0.717) is 29.3 Å². The average molecular weight is 470 g/mol. The van der Waals surface area contributed by atoms with Crippen LogP contribution in [0.25, 0.3) is 33.4 Å². The van der Waals surface area contributed by atoms with Crippen molar-refractivity contribution in [2.24, 2.45) is 0 Å². The van der Waals surface area contributed by atoms with Crippen LogP contribution in [0, 0.1) is 10.8 Å². The second-order valence-corrected chi connectivity index (χ2v) is 8.82. The van der Waals surface area contributed by atoms with E-state index in [0.717, 1.165) is 53.6 Å². The number of nitrogens with zero attached hydrogens (tertiary/aromatic N) is 4. The first-order valence-electron chi connectivity index (χ1n) is 11.6. The Labute approximate surface area is 202 Å². The standard InChI is InChI=1S/C26H27N7O2/c1-16(34)32-10-7-20(8-11-32)33-15-19(13-31-33)22-14-30-26(29)25-21(22)12-24(35-25)18-4-2-17(3-5-18)23(28)6-9-27/h2-5,9,12-15,20,27-28H,6-8,10-11H2,1H3,(H2,29,30). The molecule has 5 rings (SSSR count). The van der Waals surface area contributed by atoms with Gasteiger partial charge in [-0.2, -0.15) is 5.10 Å². The van der Waals surface area contributed by atoms with Crippen molar-refractivity contribution in [1.82, 2.24) is 19.7 Å². The fourth-order valence-corrected chi connectivity index (χ4v) is 4.59. The maximum Gasteiger partial charge on any atom is 0.219 e. The van der Waals surface area contributed by atoms with Gasteiger partial charge >= 0.3 is 0 Å². The minimum Gasteiger partial charge on any atom is -0.452 e. The first kappa shape index (κ1) is 22.5. The number of fused-ring (bicyclic) bond motifs is 1. The number of nitrogens with one attached hydrogen (secondary N) is 2. The zero-order chi connectivity index (χ0) is 24.5. The third kappa shape index (κ3) is 4.32. The van der Waals surface area contributed by atoms with Crippen molar-refractivity contribution in [3.05, 3.63) is 54.5 Å². The summed E-state index contributed by atoms with van der Waals surface area (Å²) < 4.78 is 8.09. The van der Waals surface area contributed by atoms with E-state index in [2.05, 4.69) is 10.1 Å². The number of piperidine rings is 1. The third-order valence-corrected chi connectivity index (χ3v) is 6.61. The lowest BCUT2D eigenvalue weighted by Crippen LogP contribution is -2.37. The quantitative estimate of drug-likeness (QED) is 0.356. The number of carbonyl (C=O) groups excluding carboxylic acids is 1. The van der Waals surface area contributed by atoms with Crippen LogP contribution in [0.5, 0.6) is 0 Å². The number of carbonyl (C=O) groups is 1. The predicted octanol–water partition coefficient (Wildman–Crippen LogP) is 4.53. The van der Waals surface area contributed by atoms with Gasteiger partial charge in [-0.1, -0.05) is 24.3 Å². The molecule has 35 heavy (non-hydrogen) atoms. The Kier molecular flexibility index (Phi) is 5.90. The Hall–Kier alpha value is -4.27. The molecule has 0 saturated carbocycles. The molecule has 4 aromatic rings. The zero-order valence-corrected chi connectivity index (χ0v) is 19.5. The number of nitrogens with two attached hydrogens (primary N) is 1. The topological polar surface area (TPSA) is 138 Å². The number of pyridine rings is 1. The van der Waals surface area contributed by atoms with Gasteiger partial charge in [0.2, 0.25) is 5.91 Å². The van der Waals surface area contributed by atoms with E-state index in [1.54, 1.807) is 13.1 Å². The Morgan fingerprint density at radius 2 is 1.94 bits per heavy atom. The van der Waals surface area contributed by atoms with Crippen molar-refractivity contribution in [3.8, 4) is 22.5 Å². The molecule has 0 radical (unpaired) electrons. The molecule has 1 aliphatic rings. The molecule has 1 amide bonds. The monoisotopic (exact) mass is 469 g/mol. The van der Waals surface area contributed by atoms with Gasteiger partial charge < -0.3 is 25.9 Å². The number of likely N-dealkylation sites (tertiary alicyclic amines) is 1. The van der Waals surface area contributed by atoms with Crippen molar-refractivity contribution < 1.29 is 9.21 Å². The lowest BCUT2D eigenvalue weighted by molar-refractivity contribution is -0.130. The van der Waals surface area contributed by atoms with E-state index < -0.39 is 0 Å². The molecule has 178 valence electrons. The van der Waals surface area contributed by atoms with Crippen LogP contribution in [0.15, 0.2) is 53.3 Å². The van der Waals surface area contributed by atoms with Gasteiger partial charge in [-0.05, 0) is 24.5 Å². The summed E-state index contributed by atoms with van der Waals surface area (Å²) in [5, 5.41) is 20.7. The molecule has 0 bridgehead atoms. The number of amides is 1. The first-order chi connectivity index (χ1) is 16.9. The van der Waals surface area contributed by atoms with Crippen LogP contribution >= 0.6 is 0 Å². The average Bonchev–Trinajstić information content (AvgIpc) is 3.53. The van der Waals surface area contributed by atoms with Gasteiger partial charge in [-0.15, -0.1) is 0 Å². The van der Waals surface area contributed by atoms with Crippen LogP contribution in [0.2, 0.25) is 0 Å². The molecule has 1 saturated heterocycles. The predicted molar refractivity (Wildman–Crippen MR) is 136 cm³/mol. The van der Waals surface area contributed by atoms with Gasteiger partial charge in [0.1, 0.15) is 5.76 Å². The van der Waals surface area contributed by atoms with E-state index in [4.69, 9.17) is 21.0 Å². The van der Waals surface area contributed by atoms with Gasteiger partial charge in [-0.25, -0.2) is 4.98 Å². The van der Waals surface area contributed by atoms with Crippen molar-refractivity contribution in [3.63, 3.8) is 0 Å². The maximum absolute atomic E-state index is 11.6. The largest absolute Gasteiger partial charge is 0.452 e. The van der Waals surface area contributed by atoms with E-state index in [9.17, 15) is 4.79 Å². The first-order valence-corrected chi connectivity index (χ1v) is 11.6. The third-order valence-electron chi connectivity index (χ3n) is 6.61. The Morgan fingerprint density at radius 3 is 2.63 bits per heavy atom. The molecule has 4 heterocycles. The number of benzene rings is 1. The van der Waals surface area contributed by atoms with Gasteiger partial charge in [0.25, 0.3) is 0 Å². The minimum absolute atomic E-state index is 0.120. The number of hydrogen-bond donors (Lipinski definition) is 3. The fourth-order valence-electron chi connectivity index (χ4n) is 4.59. The number of nitrogen functional groups attached to an aromatic ring is 1. The molecule has 0 unspecified atom stereocenters. The fraction of sp³-hybridized carbons (Fsp3) is 0.269. The molecule has 4 N–H and O–H groups in total. The number of hydrogen-bond acceptors (Lipinski definition) is 7. The van der Waals surface area contributed by atoms with Crippen LogP contribution in [0.4, 0.5) is 5.82 Å². The highest BCUT2D eigenvalue weighted by Crippen LogP contribution is 2.37. The van der Waals surface area contributed by atoms with Gasteiger partial charge in [0.05, 0.1) is 12.2 Å². The summed E-state index contributed by atoms with van der Waals surface area (Å²) >= 11 is 0. The highest BCUT2D eigenvalue weighted by molar-refractivity contribution is 6.05. The van der Waals surface area contributed by atoms with Crippen molar-refractivity contribution in [1.29, 1.82) is 10.8 Å². The summed E-state index contributed by atoms with van der Waals surface area (Å²) in [7, 11) is 0. The molecule has 1 fully saturated rings. The van der Waals surface area contributed by atoms with Crippen molar-refractivity contribution >= 4 is 34.6 Å². The lowest BCUT2D eigenvalue weighted by atomic mass is 10.0. The molecule has 9 nitrogen and oxygen atoms in total. The Balaban J connectivity index is 1.44. The van der Waals surface area contributed by atoms with E-state index >= 15 is 0 Å². The lowest BCUT2D eigenvalue weighted by Gasteiger charge is -2.31. The number of rotatable bonds is 6. The van der Waals surface area contributed by atoms with Crippen molar-refractivity contribution in [2.45, 2.75) is 32.2 Å². The van der Waals surface area contributed by atoms with Crippen LogP contribution in [0.1, 0.15) is 37.8 Å². The Bertz CT molecular complexity index is 1410. The van der Waals surface area contributed by atoms with Crippen LogP contribution in [-0.2, 0) is 4.79 Å². The van der Waals surface area contributed by atoms with Gasteiger partial charge in [0, 0.05) is 72.8 Å². The normalized spacial score (nSPS) is 14.4. The molecule has 3 aromatic heterocycles. The van der Waals surface area contributed by atoms with E-state index in [1.807, 2.05) is 52.3 Å². The summed E-state index contributed by atoms with van der Waals surface area (Å²) in [4.78, 5) is 17.9. The molecule has 0 aliphatic carbocycles. The van der Waals surface area contributed by atoms with E-state index in [1.165, 1.54) is 6.21 Å². The molecular weight excluding hydrogens is 442 g/mol. The smallest absolute Gasteiger partial charge is 0.219 e. The maximum atomic E-state index is 11.6. The number of aromatic nitrogens is 3. The summed E-state index contributed by atoms with van der Waals surface area (Å²) in [5.74, 6) is 1.11. The summed E-state index contributed by atoms with van der Waals surface area (Å²) in [6, 6.07) is 9.74. The van der Waals surface area contributed by atoms with Gasteiger partial charge in [-0.3, -0.25) is 9.48 Å². The molecule has 9 heteroatoms. The number of furan rings is 1. The summed E-state index contributed by atoms with van der Waals surface area (Å²) in [5.41, 5.74) is 10.5. The highest BCUT2D eigenvalue weighted by atomic mass is 16.3. The summed E-state index contributed by atoms with van der Waals surface area (Å²) in [6.45, 7) is 3.10. The van der Waals surface area contributed by atoms with Crippen LogP contribution < -0.4 is 5.73 Å². The molecule has 1 aliphatic heterocycles. The second kappa shape index (κ2) is 9.17. The van der Waals surface area contributed by atoms with E-state index in [-0.39, 0.29) is 11.9 Å². The molecule has 0 atom stereocenters. The highest BCUT2D eigenvalue weighted by Gasteiger charge is 2.23. The molecule has 0 spiro atoms. The molecule has 1 aromatic carbocycles. The summed E-state index contributed by atoms with van der Waals surface area (Å²) in [6.07, 6.45) is 8.89. The van der Waals surface area contributed by atoms with Crippen LogP contribution in [-0.4, -0.2) is 50.6 Å². The van der Waals surface area contributed by atoms with Crippen molar-refractivity contribution in [2.75, 3.05) is 18.8 Å². The Morgan fingerprint density at radius 1 is 1.20 bits per heavy atom. The van der Waals surface area contributed by atoms with Crippen LogP contribution in [0.3, 0.4) is 0 Å². The SMILES string of the molecule is CC(=O)N1CCC(n2cc(-c3cnc(N)c4oc(-c5ccc(C(=N)CC=N)cc5)cc34)cn2)CC1. The second-order valence-electron chi connectivity index (χ2n) is 8.82. The minimum atomic E-state index is 0.120. The van der Waals surface area contributed by atoms with Gasteiger partial charge in [0.15, 0.2) is 11.4 Å². The number of anilines is 1. The zero-order valence-electron chi connectivity index (χ0n) is 19.5.